The maximum absolute atomic E-state index is 11.5. The molecule has 4 N–H and O–H groups in total. The van der Waals surface area contributed by atoms with E-state index in [0.717, 1.165) is 57.8 Å². The molecule has 0 bridgehead atoms. The van der Waals surface area contributed by atoms with Crippen molar-refractivity contribution >= 4 is 0 Å². The van der Waals surface area contributed by atoms with Crippen molar-refractivity contribution in [2.75, 3.05) is 0 Å². The molecule has 3 heteroatoms. The van der Waals surface area contributed by atoms with Gasteiger partial charge in [-0.15, -0.1) is 0 Å². The molecule has 3 aliphatic rings. The number of rotatable bonds is 5. The summed E-state index contributed by atoms with van der Waals surface area (Å²) in [5.41, 5.74) is 8.07. The molecule has 0 aromatic carbocycles. The van der Waals surface area contributed by atoms with Crippen LogP contribution in [-0.4, -0.2) is 28.5 Å². The van der Waals surface area contributed by atoms with Crippen LogP contribution >= 0.6 is 0 Å². The fourth-order valence-electron chi connectivity index (χ4n) is 7.05. The summed E-state index contributed by atoms with van der Waals surface area (Å²) in [6.45, 7) is 13.5. The van der Waals surface area contributed by atoms with Crippen molar-refractivity contribution in [2.45, 2.75) is 104 Å². The SMILES string of the molecule is C=C1CCC2C(O)C(C3(C)CCC(O)CC3CC(N)CC(C)C)CCC12C. The van der Waals surface area contributed by atoms with E-state index < -0.39 is 0 Å². The van der Waals surface area contributed by atoms with Crippen LogP contribution in [0.1, 0.15) is 85.5 Å². The minimum Gasteiger partial charge on any atom is -0.393 e. The van der Waals surface area contributed by atoms with E-state index in [1.165, 1.54) is 5.57 Å². The average Bonchev–Trinajstić information content (AvgIpc) is 2.87. The van der Waals surface area contributed by atoms with E-state index in [9.17, 15) is 10.2 Å². The Labute approximate surface area is 166 Å². The molecule has 0 radical (unpaired) electrons. The van der Waals surface area contributed by atoms with Gasteiger partial charge in [0.05, 0.1) is 12.2 Å². The summed E-state index contributed by atoms with van der Waals surface area (Å²) in [5.74, 6) is 1.69. The fourth-order valence-corrected chi connectivity index (χ4v) is 7.05. The van der Waals surface area contributed by atoms with Crippen molar-refractivity contribution in [3.8, 4) is 0 Å². The zero-order chi connectivity index (χ0) is 20.0. The van der Waals surface area contributed by atoms with E-state index in [-0.39, 0.29) is 29.1 Å². The molecule has 0 aromatic rings. The van der Waals surface area contributed by atoms with E-state index in [0.29, 0.717) is 23.7 Å². The Morgan fingerprint density at radius 1 is 1.11 bits per heavy atom. The molecule has 3 rings (SSSR count). The molecular weight excluding hydrogens is 334 g/mol. The molecule has 0 aliphatic heterocycles. The standard InChI is InChI=1S/C24H43NO2/c1-15(2)12-18(25)13-17-14-19(26)8-10-24(17,5)21-9-11-23(4)16(3)6-7-20(23)22(21)27/h15,17-22,26-27H,3,6-14,25H2,1-2,4-5H3. The van der Waals surface area contributed by atoms with E-state index in [2.05, 4.69) is 34.3 Å². The van der Waals surface area contributed by atoms with Gasteiger partial charge < -0.3 is 15.9 Å². The number of nitrogens with two attached hydrogens (primary N) is 1. The monoisotopic (exact) mass is 377 g/mol. The topological polar surface area (TPSA) is 66.5 Å². The van der Waals surface area contributed by atoms with Crippen LogP contribution in [0.5, 0.6) is 0 Å². The number of hydrogen-bond donors (Lipinski definition) is 3. The van der Waals surface area contributed by atoms with Crippen LogP contribution in [0.15, 0.2) is 12.2 Å². The predicted molar refractivity (Wildman–Crippen MR) is 112 cm³/mol. The minimum absolute atomic E-state index is 0.0818. The van der Waals surface area contributed by atoms with Crippen LogP contribution in [0.2, 0.25) is 0 Å². The van der Waals surface area contributed by atoms with Crippen molar-refractivity contribution in [1.29, 1.82) is 0 Å². The quantitative estimate of drug-likeness (QED) is 0.610. The van der Waals surface area contributed by atoms with Gasteiger partial charge in [0.2, 0.25) is 0 Å². The second kappa shape index (κ2) is 7.80. The number of allylic oxidation sites excluding steroid dienone is 1. The Morgan fingerprint density at radius 2 is 1.81 bits per heavy atom. The molecule has 8 unspecified atom stereocenters. The largest absolute Gasteiger partial charge is 0.393 e. The van der Waals surface area contributed by atoms with Gasteiger partial charge in [-0.1, -0.05) is 39.8 Å². The van der Waals surface area contributed by atoms with Gasteiger partial charge in [-0.05, 0) is 92.3 Å². The predicted octanol–water partition coefficient (Wildman–Crippen LogP) is 4.66. The van der Waals surface area contributed by atoms with Crippen LogP contribution in [0.4, 0.5) is 0 Å². The van der Waals surface area contributed by atoms with Gasteiger partial charge in [0.15, 0.2) is 0 Å². The molecule has 0 spiro atoms. The van der Waals surface area contributed by atoms with E-state index >= 15 is 0 Å². The Kier molecular flexibility index (Phi) is 6.16. The smallest absolute Gasteiger partial charge is 0.0610 e. The van der Waals surface area contributed by atoms with Gasteiger partial charge in [0, 0.05) is 6.04 Å². The fraction of sp³-hybridized carbons (Fsp3) is 0.917. The lowest BCUT2D eigenvalue weighted by Crippen LogP contribution is -2.53. The highest BCUT2D eigenvalue weighted by Gasteiger charge is 2.56. The average molecular weight is 378 g/mol. The zero-order valence-corrected chi connectivity index (χ0v) is 18.1. The van der Waals surface area contributed by atoms with Gasteiger partial charge in [-0.2, -0.15) is 0 Å². The summed E-state index contributed by atoms with van der Waals surface area (Å²) < 4.78 is 0. The molecule has 3 fully saturated rings. The molecule has 8 atom stereocenters. The molecule has 3 aliphatic carbocycles. The molecular formula is C24H43NO2. The van der Waals surface area contributed by atoms with Crippen molar-refractivity contribution < 1.29 is 10.2 Å². The summed E-state index contributed by atoms with van der Waals surface area (Å²) in [6, 6.07) is 0.192. The van der Waals surface area contributed by atoms with Crippen LogP contribution in [0.3, 0.4) is 0 Å². The Morgan fingerprint density at radius 3 is 2.48 bits per heavy atom. The van der Waals surface area contributed by atoms with E-state index in [1.807, 2.05) is 0 Å². The van der Waals surface area contributed by atoms with Crippen molar-refractivity contribution in [3.63, 3.8) is 0 Å². The highest BCUT2D eigenvalue weighted by molar-refractivity contribution is 5.21. The van der Waals surface area contributed by atoms with Crippen molar-refractivity contribution in [3.05, 3.63) is 12.2 Å². The van der Waals surface area contributed by atoms with Crippen molar-refractivity contribution in [2.24, 2.45) is 40.2 Å². The Hall–Kier alpha value is -0.380. The summed E-state index contributed by atoms with van der Waals surface area (Å²) in [5, 5.41) is 21.8. The first-order valence-corrected chi connectivity index (χ1v) is 11.4. The minimum atomic E-state index is -0.243. The molecule has 3 nitrogen and oxygen atoms in total. The summed E-state index contributed by atoms with van der Waals surface area (Å²) in [6.07, 6.45) is 8.69. The first-order chi connectivity index (χ1) is 12.6. The number of aliphatic hydroxyl groups excluding tert-OH is 2. The number of hydrogen-bond acceptors (Lipinski definition) is 3. The highest BCUT2D eigenvalue weighted by atomic mass is 16.3. The molecule has 0 saturated heterocycles. The lowest BCUT2D eigenvalue weighted by molar-refractivity contribution is -0.121. The van der Waals surface area contributed by atoms with Crippen LogP contribution in [0, 0.1) is 34.5 Å². The van der Waals surface area contributed by atoms with Gasteiger partial charge in [-0.3, -0.25) is 0 Å². The first-order valence-electron chi connectivity index (χ1n) is 11.4. The first kappa shape index (κ1) is 21.3. The second-order valence-corrected chi connectivity index (χ2v) is 11.1. The normalized spacial score (nSPS) is 46.5. The number of aliphatic hydroxyl groups is 2. The van der Waals surface area contributed by atoms with Gasteiger partial charge in [0.1, 0.15) is 0 Å². The lowest BCUT2D eigenvalue weighted by atomic mass is 9.51. The lowest BCUT2D eigenvalue weighted by Gasteiger charge is -2.55. The second-order valence-electron chi connectivity index (χ2n) is 11.1. The van der Waals surface area contributed by atoms with Gasteiger partial charge in [-0.25, -0.2) is 0 Å². The molecule has 0 aromatic heterocycles. The maximum atomic E-state index is 11.5. The molecule has 0 amide bonds. The van der Waals surface area contributed by atoms with Crippen LogP contribution in [-0.2, 0) is 0 Å². The Balaban J connectivity index is 1.80. The van der Waals surface area contributed by atoms with Gasteiger partial charge >= 0.3 is 0 Å². The number of fused-ring (bicyclic) bond motifs is 1. The summed E-state index contributed by atoms with van der Waals surface area (Å²) in [4.78, 5) is 0. The summed E-state index contributed by atoms with van der Waals surface area (Å²) in [7, 11) is 0. The molecule has 156 valence electrons. The maximum Gasteiger partial charge on any atom is 0.0610 e. The van der Waals surface area contributed by atoms with E-state index in [1.54, 1.807) is 0 Å². The Bertz CT molecular complexity index is 546. The summed E-state index contributed by atoms with van der Waals surface area (Å²) >= 11 is 0. The highest BCUT2D eigenvalue weighted by Crippen LogP contribution is 2.61. The van der Waals surface area contributed by atoms with E-state index in [4.69, 9.17) is 5.73 Å². The molecule has 27 heavy (non-hydrogen) atoms. The van der Waals surface area contributed by atoms with Gasteiger partial charge in [0.25, 0.3) is 0 Å². The molecule has 3 saturated carbocycles. The zero-order valence-electron chi connectivity index (χ0n) is 18.1. The third-order valence-electron chi connectivity index (χ3n) is 8.90. The van der Waals surface area contributed by atoms with Crippen LogP contribution < -0.4 is 5.73 Å². The van der Waals surface area contributed by atoms with Crippen LogP contribution in [0.25, 0.3) is 0 Å². The molecule has 0 heterocycles. The third-order valence-corrected chi connectivity index (χ3v) is 8.90. The third kappa shape index (κ3) is 3.89. The van der Waals surface area contributed by atoms with Crippen molar-refractivity contribution in [1.82, 2.24) is 0 Å².